The Kier molecular flexibility index (Phi) is 5.65. The van der Waals surface area contributed by atoms with Gasteiger partial charge in [0.25, 0.3) is 0 Å². The maximum Gasteiger partial charge on any atom is 0.243 e. The van der Waals surface area contributed by atoms with Crippen molar-refractivity contribution in [3.8, 4) is 0 Å². The fraction of sp³-hybridized carbons (Fsp3) is 0.333. The lowest BCUT2D eigenvalue weighted by atomic mass is 10.2. The van der Waals surface area contributed by atoms with Gasteiger partial charge in [0.05, 0.1) is 9.79 Å². The van der Waals surface area contributed by atoms with E-state index in [0.29, 0.717) is 10.6 Å². The Morgan fingerprint density at radius 1 is 0.815 bits per heavy atom. The molecule has 1 fully saturated rings. The average molecular weight is 429 g/mol. The quantitative estimate of drug-likeness (QED) is 0.750. The summed E-state index contributed by atoms with van der Waals surface area (Å²) in [5.74, 6) is 0. The minimum atomic E-state index is -3.70. The monoisotopic (exact) mass is 428 g/mol. The first-order valence-corrected chi connectivity index (χ1v) is 11.7. The summed E-state index contributed by atoms with van der Waals surface area (Å²) in [6.45, 7) is 4.07. The van der Waals surface area contributed by atoms with Gasteiger partial charge >= 0.3 is 0 Å². The molecule has 2 aromatic carbocycles. The summed E-state index contributed by atoms with van der Waals surface area (Å²) in [4.78, 5) is 0.375. The van der Waals surface area contributed by atoms with Crippen LogP contribution in [-0.4, -0.2) is 51.6 Å². The van der Waals surface area contributed by atoms with Crippen LogP contribution >= 0.6 is 11.6 Å². The van der Waals surface area contributed by atoms with Crippen LogP contribution in [0.5, 0.6) is 0 Å². The molecule has 146 valence electrons. The second kappa shape index (κ2) is 7.52. The van der Waals surface area contributed by atoms with Crippen LogP contribution in [0.1, 0.15) is 11.1 Å². The minimum absolute atomic E-state index is 0.0962. The highest BCUT2D eigenvalue weighted by Crippen LogP contribution is 2.25. The van der Waals surface area contributed by atoms with Crippen LogP contribution in [0.4, 0.5) is 0 Å². The second-order valence-corrected chi connectivity index (χ2v) is 10.8. The number of piperazine rings is 1. The normalized spacial score (nSPS) is 17.1. The largest absolute Gasteiger partial charge is 0.243 e. The molecule has 1 aliphatic heterocycles. The zero-order valence-electron chi connectivity index (χ0n) is 15.1. The number of hydrogen-bond acceptors (Lipinski definition) is 4. The van der Waals surface area contributed by atoms with Gasteiger partial charge in [0, 0.05) is 31.2 Å². The molecule has 27 heavy (non-hydrogen) atoms. The fourth-order valence-electron chi connectivity index (χ4n) is 3.15. The summed E-state index contributed by atoms with van der Waals surface area (Å²) in [6, 6.07) is 11.3. The summed E-state index contributed by atoms with van der Waals surface area (Å²) >= 11 is 5.90. The maximum absolute atomic E-state index is 12.9. The van der Waals surface area contributed by atoms with E-state index in [1.54, 1.807) is 31.2 Å². The molecule has 0 amide bonds. The summed E-state index contributed by atoms with van der Waals surface area (Å²) in [5, 5.41) is 0.340. The smallest absolute Gasteiger partial charge is 0.207 e. The zero-order chi connectivity index (χ0) is 19.8. The lowest BCUT2D eigenvalue weighted by molar-refractivity contribution is 0.272. The van der Waals surface area contributed by atoms with E-state index >= 15 is 0 Å². The summed E-state index contributed by atoms with van der Waals surface area (Å²) in [5.41, 5.74) is 1.67. The molecule has 6 nitrogen and oxygen atoms in total. The molecule has 1 saturated heterocycles. The van der Waals surface area contributed by atoms with Crippen LogP contribution in [0, 0.1) is 13.8 Å². The molecule has 0 radical (unpaired) electrons. The second-order valence-electron chi connectivity index (χ2n) is 6.53. The first kappa shape index (κ1) is 20.3. The van der Waals surface area contributed by atoms with Gasteiger partial charge in [-0.1, -0.05) is 35.4 Å². The standard InChI is InChI=1S/C18H21ClN2O4S2/c1-14-6-7-18(15(2)12-14)27(24,25)21-10-8-20(9-11-21)26(22,23)17-5-3-4-16(19)13-17/h3-7,12-13H,8-11H2,1-2H3. The molecular formula is C18H21ClN2O4S2. The highest BCUT2D eigenvalue weighted by atomic mass is 35.5. The Balaban J connectivity index is 1.79. The Morgan fingerprint density at radius 2 is 1.41 bits per heavy atom. The van der Waals surface area contributed by atoms with Gasteiger partial charge in [0.15, 0.2) is 0 Å². The lowest BCUT2D eigenvalue weighted by Gasteiger charge is -2.33. The van der Waals surface area contributed by atoms with Gasteiger partial charge in [0.1, 0.15) is 0 Å². The first-order valence-electron chi connectivity index (χ1n) is 8.45. The average Bonchev–Trinajstić information content (AvgIpc) is 2.61. The number of rotatable bonds is 4. The molecule has 0 N–H and O–H groups in total. The van der Waals surface area contributed by atoms with Gasteiger partial charge < -0.3 is 0 Å². The lowest BCUT2D eigenvalue weighted by Crippen LogP contribution is -2.50. The number of sulfonamides is 2. The van der Waals surface area contributed by atoms with Crippen molar-refractivity contribution in [2.45, 2.75) is 23.6 Å². The van der Waals surface area contributed by atoms with Crippen molar-refractivity contribution in [3.63, 3.8) is 0 Å². The third-order valence-electron chi connectivity index (χ3n) is 4.58. The van der Waals surface area contributed by atoms with Gasteiger partial charge in [0.2, 0.25) is 20.0 Å². The molecule has 1 aliphatic rings. The van der Waals surface area contributed by atoms with Gasteiger partial charge in [-0.2, -0.15) is 8.61 Å². The topological polar surface area (TPSA) is 74.8 Å². The summed E-state index contributed by atoms with van der Waals surface area (Å²) in [7, 11) is -7.36. The van der Waals surface area contributed by atoms with Crippen LogP contribution < -0.4 is 0 Å². The van der Waals surface area contributed by atoms with Gasteiger partial charge in [-0.3, -0.25) is 0 Å². The number of nitrogens with zero attached hydrogens (tertiary/aromatic N) is 2. The number of hydrogen-bond donors (Lipinski definition) is 0. The van der Waals surface area contributed by atoms with Gasteiger partial charge in [-0.15, -0.1) is 0 Å². The predicted octanol–water partition coefficient (Wildman–Crippen LogP) is 2.65. The van der Waals surface area contributed by atoms with Crippen molar-refractivity contribution in [2.75, 3.05) is 26.2 Å². The SMILES string of the molecule is Cc1ccc(S(=O)(=O)N2CCN(S(=O)(=O)c3cccc(Cl)c3)CC2)c(C)c1. The fourth-order valence-corrected chi connectivity index (χ4v) is 6.51. The van der Waals surface area contributed by atoms with E-state index in [0.717, 1.165) is 5.56 Å². The zero-order valence-corrected chi connectivity index (χ0v) is 17.5. The van der Waals surface area contributed by atoms with E-state index in [4.69, 9.17) is 11.6 Å². The Labute approximate surface area is 165 Å². The molecule has 2 aromatic rings. The van der Waals surface area contributed by atoms with E-state index in [1.807, 2.05) is 13.0 Å². The molecule has 1 heterocycles. The molecular weight excluding hydrogens is 408 g/mol. The van der Waals surface area contributed by atoms with E-state index in [-0.39, 0.29) is 36.0 Å². The summed E-state index contributed by atoms with van der Waals surface area (Å²) < 4.78 is 54.0. The van der Waals surface area contributed by atoms with Crippen LogP contribution in [-0.2, 0) is 20.0 Å². The van der Waals surface area contributed by atoms with Crippen LogP contribution in [0.25, 0.3) is 0 Å². The maximum atomic E-state index is 12.9. The highest BCUT2D eigenvalue weighted by molar-refractivity contribution is 7.89. The van der Waals surface area contributed by atoms with Crippen LogP contribution in [0.3, 0.4) is 0 Å². The molecule has 0 atom stereocenters. The highest BCUT2D eigenvalue weighted by Gasteiger charge is 2.34. The van der Waals surface area contributed by atoms with Crippen molar-refractivity contribution in [1.82, 2.24) is 8.61 Å². The molecule has 9 heteroatoms. The third-order valence-corrected chi connectivity index (χ3v) is 8.77. The van der Waals surface area contributed by atoms with E-state index in [2.05, 4.69) is 0 Å². The third kappa shape index (κ3) is 4.05. The van der Waals surface area contributed by atoms with Crippen LogP contribution in [0.2, 0.25) is 5.02 Å². The van der Waals surface area contributed by atoms with Crippen molar-refractivity contribution in [3.05, 3.63) is 58.6 Å². The number of aryl methyl sites for hydroxylation is 2. The predicted molar refractivity (Wildman–Crippen MR) is 105 cm³/mol. The van der Waals surface area contributed by atoms with E-state index in [9.17, 15) is 16.8 Å². The Bertz CT molecular complexity index is 1060. The Morgan fingerprint density at radius 3 is 1.96 bits per heavy atom. The van der Waals surface area contributed by atoms with Crippen molar-refractivity contribution >= 4 is 31.6 Å². The Hall–Kier alpha value is -1.45. The van der Waals surface area contributed by atoms with Crippen molar-refractivity contribution in [2.24, 2.45) is 0 Å². The molecule has 0 unspecified atom stereocenters. The van der Waals surface area contributed by atoms with E-state index in [1.165, 1.54) is 20.7 Å². The van der Waals surface area contributed by atoms with E-state index < -0.39 is 20.0 Å². The number of benzene rings is 2. The van der Waals surface area contributed by atoms with Gasteiger partial charge in [-0.25, -0.2) is 16.8 Å². The van der Waals surface area contributed by atoms with Gasteiger partial charge in [-0.05, 0) is 43.7 Å². The molecule has 3 rings (SSSR count). The first-order chi connectivity index (χ1) is 12.6. The molecule has 0 saturated carbocycles. The van der Waals surface area contributed by atoms with Crippen molar-refractivity contribution in [1.29, 1.82) is 0 Å². The van der Waals surface area contributed by atoms with Crippen molar-refractivity contribution < 1.29 is 16.8 Å². The molecule has 0 bridgehead atoms. The van der Waals surface area contributed by atoms with Crippen LogP contribution in [0.15, 0.2) is 52.3 Å². The molecule has 0 aromatic heterocycles. The summed E-state index contributed by atoms with van der Waals surface area (Å²) in [6.07, 6.45) is 0. The number of halogens is 1. The molecule has 0 aliphatic carbocycles. The minimum Gasteiger partial charge on any atom is -0.207 e. The molecule has 0 spiro atoms.